The van der Waals surface area contributed by atoms with Crippen LogP contribution in [0.1, 0.15) is 30.1 Å². The molecule has 6 aromatic rings. The molecule has 2 N–H and O–H groups in total. The summed E-state index contributed by atoms with van der Waals surface area (Å²) in [7, 11) is 1.40. The Kier molecular flexibility index (Phi) is 5.86. The van der Waals surface area contributed by atoms with E-state index in [4.69, 9.17) is 15.6 Å². The third-order valence-corrected chi connectivity index (χ3v) is 8.62. The third-order valence-electron chi connectivity index (χ3n) is 7.62. The number of aromatic nitrogens is 5. The van der Waals surface area contributed by atoms with E-state index in [1.807, 2.05) is 18.4 Å². The zero-order valence-electron chi connectivity index (χ0n) is 22.1. The molecule has 0 bridgehead atoms. The van der Waals surface area contributed by atoms with Gasteiger partial charge in [-0.2, -0.15) is 5.10 Å². The lowest BCUT2D eigenvalue weighted by Crippen LogP contribution is -2.23. The number of pyridine rings is 1. The third kappa shape index (κ3) is 4.07. The predicted octanol–water partition coefficient (Wildman–Crippen LogP) is 6.01. The summed E-state index contributed by atoms with van der Waals surface area (Å²) in [6, 6.07) is 12.2. The van der Waals surface area contributed by atoms with Gasteiger partial charge in [0.25, 0.3) is 5.56 Å². The molecule has 0 aliphatic heterocycles. The fraction of sp³-hybridized carbons (Fsp3) is 0.200. The molecule has 1 aliphatic rings. The number of nitrogens with zero attached hydrogens (tertiary/aromatic N) is 5. The van der Waals surface area contributed by atoms with Crippen LogP contribution in [-0.4, -0.2) is 31.3 Å². The van der Waals surface area contributed by atoms with Crippen molar-refractivity contribution in [2.75, 3.05) is 12.8 Å². The lowest BCUT2D eigenvalue weighted by molar-refractivity contribution is 0.386. The predicted molar refractivity (Wildman–Crippen MR) is 154 cm³/mol. The summed E-state index contributed by atoms with van der Waals surface area (Å²) in [6.07, 6.45) is 3.18. The molecule has 1 saturated carbocycles. The number of anilines is 1. The number of nitrogens with two attached hydrogens (primary N) is 1. The molecule has 4 heterocycles. The number of halogens is 2. The molecule has 2 aromatic carbocycles. The van der Waals surface area contributed by atoms with Crippen LogP contribution in [0.3, 0.4) is 0 Å². The molecule has 1 fully saturated rings. The van der Waals surface area contributed by atoms with E-state index in [1.54, 1.807) is 27.3 Å². The molecule has 0 saturated heterocycles. The van der Waals surface area contributed by atoms with Gasteiger partial charge in [-0.25, -0.2) is 23.4 Å². The Bertz CT molecular complexity index is 2050. The maximum atomic E-state index is 14.8. The maximum Gasteiger partial charge on any atom is 0.264 e. The number of hydrogen-bond donors (Lipinski definition) is 1. The SMILES string of the molecule is COc1ccc(-c2nn(C(c3cc4scc(C)n4c(=O)c3-c3cccc(F)c3)C3CC3)c3ncnc(N)c23)cc1F. The number of hydrogen-bond acceptors (Lipinski definition) is 7. The van der Waals surface area contributed by atoms with Gasteiger partial charge in [0.1, 0.15) is 28.5 Å². The van der Waals surface area contributed by atoms with Crippen LogP contribution in [0.25, 0.3) is 38.2 Å². The van der Waals surface area contributed by atoms with Crippen molar-refractivity contribution in [3.05, 3.63) is 93.5 Å². The molecule has 0 radical (unpaired) electrons. The maximum absolute atomic E-state index is 14.8. The Labute approximate surface area is 236 Å². The number of nitrogen functional groups attached to an aromatic ring is 1. The van der Waals surface area contributed by atoms with Crippen LogP contribution in [0.15, 0.2) is 65.0 Å². The highest BCUT2D eigenvalue weighted by Gasteiger charge is 2.39. The number of ether oxygens (including phenoxy) is 1. The Morgan fingerprint density at radius 3 is 2.66 bits per heavy atom. The summed E-state index contributed by atoms with van der Waals surface area (Å²) in [5.74, 6) is -0.516. The number of rotatable bonds is 6. The number of aryl methyl sites for hydroxylation is 1. The number of fused-ring (bicyclic) bond motifs is 2. The average molecular weight is 571 g/mol. The van der Waals surface area contributed by atoms with Crippen molar-refractivity contribution in [1.82, 2.24) is 24.1 Å². The van der Waals surface area contributed by atoms with Crippen LogP contribution < -0.4 is 16.0 Å². The molecule has 41 heavy (non-hydrogen) atoms. The van der Waals surface area contributed by atoms with Crippen LogP contribution in [0.5, 0.6) is 5.75 Å². The summed E-state index contributed by atoms with van der Waals surface area (Å²) >= 11 is 1.47. The van der Waals surface area contributed by atoms with Gasteiger partial charge in [0.15, 0.2) is 17.2 Å². The van der Waals surface area contributed by atoms with Crippen LogP contribution in [-0.2, 0) is 0 Å². The van der Waals surface area contributed by atoms with E-state index in [0.717, 1.165) is 28.9 Å². The van der Waals surface area contributed by atoms with Crippen molar-refractivity contribution < 1.29 is 13.5 Å². The Balaban J connectivity index is 1.53. The zero-order valence-corrected chi connectivity index (χ0v) is 23.0. The van der Waals surface area contributed by atoms with E-state index < -0.39 is 17.7 Å². The van der Waals surface area contributed by atoms with Gasteiger partial charge in [-0.3, -0.25) is 9.20 Å². The van der Waals surface area contributed by atoms with E-state index in [1.165, 1.54) is 49.0 Å². The van der Waals surface area contributed by atoms with Crippen molar-refractivity contribution in [3.8, 4) is 28.1 Å². The van der Waals surface area contributed by atoms with Gasteiger partial charge in [0, 0.05) is 16.6 Å². The first-order chi connectivity index (χ1) is 19.9. The summed E-state index contributed by atoms with van der Waals surface area (Å²) in [4.78, 5) is 23.6. The van der Waals surface area contributed by atoms with Gasteiger partial charge in [0.2, 0.25) is 0 Å². The summed E-state index contributed by atoms with van der Waals surface area (Å²) in [6.45, 7) is 1.87. The van der Waals surface area contributed by atoms with Crippen molar-refractivity contribution in [2.45, 2.75) is 25.8 Å². The van der Waals surface area contributed by atoms with Crippen LogP contribution in [0.2, 0.25) is 0 Å². The number of benzene rings is 2. The fourth-order valence-corrected chi connectivity index (χ4v) is 6.52. The van der Waals surface area contributed by atoms with Gasteiger partial charge < -0.3 is 10.5 Å². The Morgan fingerprint density at radius 2 is 1.93 bits per heavy atom. The molecular formula is C30H24F2N6O2S. The molecule has 4 aromatic heterocycles. The highest BCUT2D eigenvalue weighted by Crippen LogP contribution is 2.48. The normalized spacial score (nSPS) is 14.1. The van der Waals surface area contributed by atoms with Crippen molar-refractivity contribution >= 4 is 33.0 Å². The van der Waals surface area contributed by atoms with E-state index in [-0.39, 0.29) is 23.0 Å². The molecule has 11 heteroatoms. The molecule has 1 atom stereocenters. The molecule has 0 spiro atoms. The smallest absolute Gasteiger partial charge is 0.264 e. The number of methoxy groups -OCH3 is 1. The van der Waals surface area contributed by atoms with Crippen LogP contribution >= 0.6 is 11.3 Å². The van der Waals surface area contributed by atoms with Gasteiger partial charge in [-0.15, -0.1) is 11.3 Å². The van der Waals surface area contributed by atoms with Gasteiger partial charge in [0.05, 0.1) is 24.1 Å². The van der Waals surface area contributed by atoms with Gasteiger partial charge >= 0.3 is 0 Å². The lowest BCUT2D eigenvalue weighted by atomic mass is 9.93. The van der Waals surface area contributed by atoms with Crippen LogP contribution in [0.4, 0.5) is 14.6 Å². The first-order valence-corrected chi connectivity index (χ1v) is 14.0. The molecule has 7 rings (SSSR count). The highest BCUT2D eigenvalue weighted by molar-refractivity contribution is 7.15. The summed E-state index contributed by atoms with van der Waals surface area (Å²) < 4.78 is 37.8. The molecule has 0 amide bonds. The topological polar surface area (TPSA) is 100 Å². The van der Waals surface area contributed by atoms with Crippen molar-refractivity contribution in [1.29, 1.82) is 0 Å². The standard InChI is InChI=1S/C30H24F2N6O2S/c1-15-13-41-23-12-20(24(30(39)37(15)23)17-4-3-5-19(31)10-17)27(16-6-7-16)38-29-25(28(33)34-14-35-29)26(36-38)18-8-9-22(40-2)21(32)11-18/h3-5,8-14,16,27H,6-7H2,1-2H3,(H2,33,34,35). The monoisotopic (exact) mass is 570 g/mol. The Hall–Kier alpha value is -4.64. The molecule has 206 valence electrons. The largest absolute Gasteiger partial charge is 0.494 e. The van der Waals surface area contributed by atoms with Gasteiger partial charge in [-0.05, 0) is 73.2 Å². The molecular weight excluding hydrogens is 546 g/mol. The quantitative estimate of drug-likeness (QED) is 0.263. The van der Waals surface area contributed by atoms with Gasteiger partial charge in [-0.1, -0.05) is 12.1 Å². The second kappa shape index (κ2) is 9.48. The van der Waals surface area contributed by atoms with Crippen molar-refractivity contribution in [3.63, 3.8) is 0 Å². The zero-order chi connectivity index (χ0) is 28.4. The van der Waals surface area contributed by atoms with E-state index in [9.17, 15) is 13.6 Å². The molecule has 8 nitrogen and oxygen atoms in total. The first-order valence-electron chi connectivity index (χ1n) is 13.1. The van der Waals surface area contributed by atoms with Crippen molar-refractivity contribution in [2.24, 2.45) is 5.92 Å². The summed E-state index contributed by atoms with van der Waals surface area (Å²) in [5.41, 5.74) is 9.91. The Morgan fingerprint density at radius 1 is 1.10 bits per heavy atom. The second-order valence-corrected chi connectivity index (χ2v) is 11.1. The minimum atomic E-state index is -0.540. The minimum Gasteiger partial charge on any atom is -0.494 e. The molecule has 1 unspecified atom stereocenters. The number of thiazole rings is 1. The van der Waals surface area contributed by atoms with E-state index in [2.05, 4.69) is 9.97 Å². The fourth-order valence-electron chi connectivity index (χ4n) is 5.59. The minimum absolute atomic E-state index is 0.109. The molecule has 1 aliphatic carbocycles. The van der Waals surface area contributed by atoms with Crippen LogP contribution in [0, 0.1) is 24.5 Å². The highest BCUT2D eigenvalue weighted by atomic mass is 32.1. The van der Waals surface area contributed by atoms with E-state index >= 15 is 0 Å². The first kappa shape index (κ1) is 25.3. The summed E-state index contributed by atoms with van der Waals surface area (Å²) in [5, 5.41) is 7.38. The lowest BCUT2D eigenvalue weighted by Gasteiger charge is -2.22. The average Bonchev–Trinajstić information content (AvgIpc) is 3.61. The second-order valence-electron chi connectivity index (χ2n) is 10.2. The van der Waals surface area contributed by atoms with E-state index in [0.29, 0.717) is 33.4 Å².